The number of benzene rings is 3. The van der Waals surface area contributed by atoms with Crippen LogP contribution >= 0.6 is 0 Å². The van der Waals surface area contributed by atoms with Crippen LogP contribution in [0.5, 0.6) is 0 Å². The van der Waals surface area contributed by atoms with E-state index in [1.165, 1.54) is 16.5 Å². The standard InChI is InChI=1S/C38H39N5O3/c1-22(44)42-17-5-7-35(42)33-21-28-26-12-14-29(39-30(26)15-16-32(28)41-33)24-9-11-25-23(19-24)10-13-31-27(25)20-34(40-31)36-8-6-18-43(36)37(45)46-38(2,3)4/h9-16,19,35-36H,5-8,17-18,20-21H2,1-4H3/t35-,36-/m0/s1. The number of nitrogens with zero attached hydrogens (tertiary/aromatic N) is 5. The molecule has 4 aliphatic heterocycles. The molecule has 2 fully saturated rings. The van der Waals surface area contributed by atoms with Crippen LogP contribution in [0.2, 0.25) is 0 Å². The number of hydrogen-bond acceptors (Lipinski definition) is 6. The third-order valence-electron chi connectivity index (χ3n) is 9.91. The van der Waals surface area contributed by atoms with E-state index >= 15 is 0 Å². The summed E-state index contributed by atoms with van der Waals surface area (Å²) in [7, 11) is 0. The first-order valence-corrected chi connectivity index (χ1v) is 16.5. The maximum absolute atomic E-state index is 12.9. The monoisotopic (exact) mass is 613 g/mol. The van der Waals surface area contributed by atoms with Gasteiger partial charge in [-0.25, -0.2) is 9.78 Å². The number of carbonyl (C=O) groups is 2. The number of rotatable bonds is 3. The average molecular weight is 614 g/mol. The van der Waals surface area contributed by atoms with Gasteiger partial charge in [0.1, 0.15) is 5.60 Å². The third-order valence-corrected chi connectivity index (χ3v) is 9.91. The first-order valence-electron chi connectivity index (χ1n) is 16.5. The predicted octanol–water partition coefficient (Wildman–Crippen LogP) is 7.72. The van der Waals surface area contributed by atoms with Crippen LogP contribution in [-0.2, 0) is 22.4 Å². The molecule has 0 unspecified atom stereocenters. The van der Waals surface area contributed by atoms with E-state index in [4.69, 9.17) is 19.7 Å². The number of pyridine rings is 1. The molecule has 234 valence electrons. The number of amides is 2. The second kappa shape index (κ2) is 10.7. The molecule has 0 N–H and O–H groups in total. The highest BCUT2D eigenvalue weighted by molar-refractivity contribution is 6.06. The fourth-order valence-electron chi connectivity index (χ4n) is 7.82. The van der Waals surface area contributed by atoms with Crippen LogP contribution < -0.4 is 0 Å². The molecular formula is C38H39N5O3. The lowest BCUT2D eigenvalue weighted by atomic mass is 9.95. The number of fused-ring (bicyclic) bond motifs is 6. The van der Waals surface area contributed by atoms with E-state index in [1.807, 2.05) is 30.6 Å². The molecule has 0 aliphatic carbocycles. The van der Waals surface area contributed by atoms with Gasteiger partial charge in [0.25, 0.3) is 0 Å². The van der Waals surface area contributed by atoms with E-state index in [0.29, 0.717) is 6.54 Å². The van der Waals surface area contributed by atoms with E-state index in [2.05, 4.69) is 54.6 Å². The number of aliphatic imine (C=N–C) groups is 2. The Bertz CT molecular complexity index is 2010. The zero-order valence-corrected chi connectivity index (χ0v) is 27.0. The summed E-state index contributed by atoms with van der Waals surface area (Å²) >= 11 is 0. The summed E-state index contributed by atoms with van der Waals surface area (Å²) < 4.78 is 5.71. The minimum atomic E-state index is -0.523. The summed E-state index contributed by atoms with van der Waals surface area (Å²) in [6.07, 6.45) is 5.14. The van der Waals surface area contributed by atoms with Crippen LogP contribution in [0.4, 0.5) is 16.2 Å². The fourth-order valence-corrected chi connectivity index (χ4v) is 7.82. The Balaban J connectivity index is 1.03. The van der Waals surface area contributed by atoms with Crippen molar-refractivity contribution in [2.24, 2.45) is 9.98 Å². The van der Waals surface area contributed by atoms with Crippen LogP contribution in [0.1, 0.15) is 64.5 Å². The summed E-state index contributed by atoms with van der Waals surface area (Å²) in [6, 6.07) is 19.3. The Labute approximate surface area is 269 Å². The van der Waals surface area contributed by atoms with Gasteiger partial charge in [-0.05, 0) is 98.7 Å². The molecule has 46 heavy (non-hydrogen) atoms. The molecule has 0 bridgehead atoms. The highest BCUT2D eigenvalue weighted by atomic mass is 16.6. The average Bonchev–Trinajstić information content (AvgIpc) is 3.84. The van der Waals surface area contributed by atoms with E-state index in [1.54, 1.807) is 6.92 Å². The molecule has 8 nitrogen and oxygen atoms in total. The molecule has 0 saturated carbocycles. The molecule has 2 atom stereocenters. The van der Waals surface area contributed by atoms with Gasteiger partial charge in [-0.2, -0.15) is 0 Å². The highest BCUT2D eigenvalue weighted by Crippen LogP contribution is 2.39. The number of likely N-dealkylation sites (tertiary alicyclic amines) is 2. The van der Waals surface area contributed by atoms with Crippen molar-refractivity contribution in [3.05, 3.63) is 65.7 Å². The molecule has 2 saturated heterocycles. The molecule has 8 rings (SSSR count). The molecule has 4 aromatic rings. The first kappa shape index (κ1) is 28.9. The Morgan fingerprint density at radius 2 is 1.41 bits per heavy atom. The van der Waals surface area contributed by atoms with Crippen molar-refractivity contribution in [3.63, 3.8) is 0 Å². The first-order chi connectivity index (χ1) is 22.1. The van der Waals surface area contributed by atoms with Gasteiger partial charge < -0.3 is 9.64 Å². The maximum atomic E-state index is 12.9. The van der Waals surface area contributed by atoms with Crippen LogP contribution in [-0.4, -0.2) is 69.0 Å². The molecular weight excluding hydrogens is 574 g/mol. The summed E-state index contributed by atoms with van der Waals surface area (Å²) in [6.45, 7) is 8.90. The predicted molar refractivity (Wildman–Crippen MR) is 183 cm³/mol. The quantitative estimate of drug-likeness (QED) is 0.237. The topological polar surface area (TPSA) is 87.5 Å². The SMILES string of the molecule is CC(=O)N1CCC[C@H]1C1=Nc2ccc3nc(-c4ccc5c6c(ccc5c4)N=C([C@@H]4CCCN4C(=O)OC(C)(C)C)C6)ccc3c2C1. The van der Waals surface area contributed by atoms with E-state index < -0.39 is 5.60 Å². The maximum Gasteiger partial charge on any atom is 0.410 e. The number of ether oxygens (including phenoxy) is 1. The summed E-state index contributed by atoms with van der Waals surface area (Å²) in [4.78, 5) is 44.1. The molecule has 3 aromatic carbocycles. The van der Waals surface area contributed by atoms with Crippen molar-refractivity contribution in [3.8, 4) is 11.3 Å². The van der Waals surface area contributed by atoms with Crippen LogP contribution in [0.25, 0.3) is 32.9 Å². The van der Waals surface area contributed by atoms with Gasteiger partial charge >= 0.3 is 6.09 Å². The molecule has 4 aliphatic rings. The van der Waals surface area contributed by atoms with E-state index in [-0.39, 0.29) is 24.1 Å². The van der Waals surface area contributed by atoms with Gasteiger partial charge in [0.05, 0.1) is 34.7 Å². The van der Waals surface area contributed by atoms with Crippen LogP contribution in [0.15, 0.2) is 64.6 Å². The van der Waals surface area contributed by atoms with Crippen molar-refractivity contribution in [1.82, 2.24) is 14.8 Å². The minimum absolute atomic E-state index is 0.0208. The normalized spacial score (nSPS) is 20.7. The number of carbonyl (C=O) groups excluding carboxylic acids is 2. The van der Waals surface area contributed by atoms with Crippen LogP contribution in [0, 0.1) is 0 Å². The van der Waals surface area contributed by atoms with Crippen molar-refractivity contribution in [2.45, 2.75) is 83.9 Å². The second-order valence-corrected chi connectivity index (χ2v) is 14.1. The lowest BCUT2D eigenvalue weighted by Gasteiger charge is -2.28. The van der Waals surface area contributed by atoms with E-state index in [0.717, 1.165) is 95.4 Å². The largest absolute Gasteiger partial charge is 0.444 e. The molecule has 8 heteroatoms. The Morgan fingerprint density at radius 3 is 2.11 bits per heavy atom. The Kier molecular flexibility index (Phi) is 6.74. The molecule has 1 aromatic heterocycles. The highest BCUT2D eigenvalue weighted by Gasteiger charge is 2.37. The van der Waals surface area contributed by atoms with Crippen molar-refractivity contribution in [1.29, 1.82) is 0 Å². The zero-order chi connectivity index (χ0) is 31.7. The van der Waals surface area contributed by atoms with E-state index in [9.17, 15) is 9.59 Å². The van der Waals surface area contributed by atoms with Gasteiger partial charge in [-0.15, -0.1) is 0 Å². The van der Waals surface area contributed by atoms with Crippen molar-refractivity contribution in [2.75, 3.05) is 13.1 Å². The summed E-state index contributed by atoms with van der Waals surface area (Å²) in [5.41, 5.74) is 9.01. The van der Waals surface area contributed by atoms with Gasteiger partial charge in [-0.1, -0.05) is 24.3 Å². The molecule has 2 amide bonds. The zero-order valence-electron chi connectivity index (χ0n) is 27.0. The smallest absolute Gasteiger partial charge is 0.410 e. The van der Waals surface area contributed by atoms with Gasteiger partial charge in [0, 0.05) is 55.2 Å². The summed E-state index contributed by atoms with van der Waals surface area (Å²) in [5.74, 6) is 0.129. The van der Waals surface area contributed by atoms with Crippen molar-refractivity contribution >= 4 is 56.5 Å². The summed E-state index contributed by atoms with van der Waals surface area (Å²) in [5, 5.41) is 3.48. The van der Waals surface area contributed by atoms with Gasteiger partial charge in [0.15, 0.2) is 0 Å². The number of aromatic nitrogens is 1. The molecule has 0 spiro atoms. The van der Waals surface area contributed by atoms with Crippen LogP contribution in [0.3, 0.4) is 0 Å². The number of hydrogen-bond donors (Lipinski definition) is 0. The molecule has 5 heterocycles. The molecule has 0 radical (unpaired) electrons. The lowest BCUT2D eigenvalue weighted by molar-refractivity contribution is -0.128. The second-order valence-electron chi connectivity index (χ2n) is 14.1. The minimum Gasteiger partial charge on any atom is -0.444 e. The fraction of sp³-hybridized carbons (Fsp3) is 0.395. The Hall–Kier alpha value is -4.59. The van der Waals surface area contributed by atoms with Crippen molar-refractivity contribution < 1.29 is 14.3 Å². The third kappa shape index (κ3) is 4.95. The van der Waals surface area contributed by atoms with Gasteiger partial charge in [0.2, 0.25) is 5.91 Å². The Morgan fingerprint density at radius 1 is 0.783 bits per heavy atom. The lowest BCUT2D eigenvalue weighted by Crippen LogP contribution is -2.43. The van der Waals surface area contributed by atoms with Gasteiger partial charge in [-0.3, -0.25) is 19.7 Å².